The van der Waals surface area contributed by atoms with Gasteiger partial charge in [-0.3, -0.25) is 4.79 Å². The van der Waals surface area contributed by atoms with E-state index in [0.29, 0.717) is 23.6 Å². The fourth-order valence-electron chi connectivity index (χ4n) is 3.59. The molecule has 156 valence electrons. The van der Waals surface area contributed by atoms with E-state index in [4.69, 9.17) is 4.74 Å². The zero-order valence-electron chi connectivity index (χ0n) is 16.9. The van der Waals surface area contributed by atoms with Gasteiger partial charge in [0.05, 0.1) is 28.3 Å². The minimum atomic E-state index is -1.29. The average molecular weight is 414 g/mol. The molecule has 0 N–H and O–H groups in total. The number of carboxylic acids is 1. The summed E-state index contributed by atoms with van der Waals surface area (Å²) in [5.74, 6) is -1.03. The largest absolute Gasteiger partial charge is 0.546 e. The SMILES string of the molecule is C=CCn1c2ccccc2n2nc(C)c(C(=O)/C=C/c3ccc(OCC(=O)[O-])cc3)c12. The van der Waals surface area contributed by atoms with Gasteiger partial charge in [-0.25, -0.2) is 4.52 Å². The number of allylic oxidation sites excluding steroid dienone is 2. The van der Waals surface area contributed by atoms with Gasteiger partial charge in [-0.05, 0) is 42.8 Å². The highest BCUT2D eigenvalue weighted by molar-refractivity contribution is 6.12. The molecule has 0 aliphatic carbocycles. The Morgan fingerprint density at radius 2 is 1.84 bits per heavy atom. The highest BCUT2D eigenvalue weighted by Gasteiger charge is 2.21. The molecule has 4 rings (SSSR count). The number of hydrogen-bond donors (Lipinski definition) is 0. The van der Waals surface area contributed by atoms with Gasteiger partial charge in [0, 0.05) is 6.54 Å². The van der Waals surface area contributed by atoms with Crippen molar-refractivity contribution in [3.8, 4) is 5.75 Å². The van der Waals surface area contributed by atoms with Crippen molar-refractivity contribution in [1.82, 2.24) is 14.2 Å². The Morgan fingerprint density at radius 1 is 1.13 bits per heavy atom. The predicted octanol–water partition coefficient (Wildman–Crippen LogP) is 2.81. The van der Waals surface area contributed by atoms with Crippen LogP contribution in [0.2, 0.25) is 0 Å². The molecule has 2 heterocycles. The third-order valence-corrected chi connectivity index (χ3v) is 4.91. The Balaban J connectivity index is 1.67. The number of fused-ring (bicyclic) bond motifs is 3. The lowest BCUT2D eigenvalue weighted by Crippen LogP contribution is -2.28. The topological polar surface area (TPSA) is 88.7 Å². The summed E-state index contributed by atoms with van der Waals surface area (Å²) in [6.07, 6.45) is 5.01. The molecule has 0 radical (unpaired) electrons. The van der Waals surface area contributed by atoms with Crippen LogP contribution in [0.4, 0.5) is 0 Å². The number of ketones is 1. The first-order chi connectivity index (χ1) is 15.0. The van der Waals surface area contributed by atoms with Crippen LogP contribution in [-0.2, 0) is 11.3 Å². The minimum absolute atomic E-state index is 0.155. The van der Waals surface area contributed by atoms with E-state index in [9.17, 15) is 14.7 Å². The summed E-state index contributed by atoms with van der Waals surface area (Å²) in [7, 11) is 0. The fourth-order valence-corrected chi connectivity index (χ4v) is 3.59. The van der Waals surface area contributed by atoms with Gasteiger partial charge in [-0.2, -0.15) is 5.10 Å². The van der Waals surface area contributed by atoms with Crippen LogP contribution < -0.4 is 9.84 Å². The van der Waals surface area contributed by atoms with Gasteiger partial charge in [-0.1, -0.05) is 36.4 Å². The predicted molar refractivity (Wildman–Crippen MR) is 116 cm³/mol. The number of carbonyl (C=O) groups excluding carboxylic acids is 2. The number of imidazole rings is 1. The van der Waals surface area contributed by atoms with Crippen molar-refractivity contribution in [3.63, 3.8) is 0 Å². The van der Waals surface area contributed by atoms with E-state index in [1.165, 1.54) is 6.08 Å². The normalized spacial score (nSPS) is 11.4. The Hall–Kier alpha value is -4.13. The van der Waals surface area contributed by atoms with E-state index in [1.807, 2.05) is 35.8 Å². The molecule has 0 aliphatic heterocycles. The lowest BCUT2D eigenvalue weighted by atomic mass is 10.1. The molecule has 0 bridgehead atoms. The Morgan fingerprint density at radius 3 is 2.52 bits per heavy atom. The number of benzene rings is 2. The quantitative estimate of drug-likeness (QED) is 0.251. The highest BCUT2D eigenvalue weighted by atomic mass is 16.5. The van der Waals surface area contributed by atoms with Crippen molar-refractivity contribution in [3.05, 3.63) is 84.1 Å². The lowest BCUT2D eigenvalue weighted by Gasteiger charge is -2.06. The standard InChI is InChI=1S/C24H21N3O4/c1-3-14-26-19-6-4-5-7-20(19)27-24(26)23(16(2)25-27)21(28)13-10-17-8-11-18(12-9-17)31-15-22(29)30/h3-13H,1,14-15H2,2H3,(H,29,30)/p-1/b13-10+. The summed E-state index contributed by atoms with van der Waals surface area (Å²) in [6.45, 7) is 5.71. The maximum Gasteiger partial charge on any atom is 0.191 e. The molecular weight excluding hydrogens is 394 g/mol. The molecule has 7 heteroatoms. The number of aromatic nitrogens is 3. The maximum absolute atomic E-state index is 13.1. The lowest BCUT2D eigenvalue weighted by molar-refractivity contribution is -0.307. The van der Waals surface area contributed by atoms with Crippen LogP contribution in [0, 0.1) is 6.92 Å². The molecule has 4 aromatic rings. The Bertz CT molecular complexity index is 1330. The Kier molecular flexibility index (Phi) is 5.41. The van der Waals surface area contributed by atoms with Crippen LogP contribution in [-0.4, -0.2) is 32.5 Å². The van der Waals surface area contributed by atoms with Crippen LogP contribution in [0.25, 0.3) is 22.8 Å². The molecule has 0 unspecified atom stereocenters. The van der Waals surface area contributed by atoms with Crippen molar-refractivity contribution < 1.29 is 19.4 Å². The molecule has 31 heavy (non-hydrogen) atoms. The van der Waals surface area contributed by atoms with Crippen molar-refractivity contribution in [1.29, 1.82) is 0 Å². The van der Waals surface area contributed by atoms with Crippen LogP contribution in [0.15, 0.2) is 67.3 Å². The number of aliphatic carboxylic acids is 1. The molecule has 2 aromatic heterocycles. The van der Waals surface area contributed by atoms with E-state index in [2.05, 4.69) is 11.7 Å². The molecule has 0 atom stereocenters. The first kappa shape index (κ1) is 20.2. The molecule has 2 aromatic carbocycles. The first-order valence-electron chi connectivity index (χ1n) is 9.72. The molecular formula is C24H20N3O4-. The van der Waals surface area contributed by atoms with Gasteiger partial charge in [0.15, 0.2) is 5.78 Å². The van der Waals surface area contributed by atoms with Crippen molar-refractivity contribution in [2.24, 2.45) is 0 Å². The van der Waals surface area contributed by atoms with Gasteiger partial charge in [-0.15, -0.1) is 6.58 Å². The van der Waals surface area contributed by atoms with E-state index in [1.54, 1.807) is 40.9 Å². The molecule has 0 fully saturated rings. The van der Waals surface area contributed by atoms with Crippen molar-refractivity contribution in [2.75, 3.05) is 6.61 Å². The number of carboxylic acid groups (broad SMARTS) is 1. The van der Waals surface area contributed by atoms with Gasteiger partial charge in [0.1, 0.15) is 18.0 Å². The van der Waals surface area contributed by atoms with E-state index in [0.717, 1.165) is 22.2 Å². The highest BCUT2D eigenvalue weighted by Crippen LogP contribution is 2.26. The number of hydrogen-bond acceptors (Lipinski definition) is 5. The van der Waals surface area contributed by atoms with Crippen LogP contribution >= 0.6 is 0 Å². The summed E-state index contributed by atoms with van der Waals surface area (Å²) in [5.41, 5.74) is 4.62. The Labute approximate surface area is 178 Å². The molecule has 0 saturated heterocycles. The fraction of sp³-hybridized carbons (Fsp3) is 0.125. The third-order valence-electron chi connectivity index (χ3n) is 4.91. The van der Waals surface area contributed by atoms with E-state index >= 15 is 0 Å². The molecule has 0 amide bonds. The van der Waals surface area contributed by atoms with Crippen LogP contribution in [0.5, 0.6) is 5.75 Å². The second kappa shape index (κ2) is 8.31. The zero-order chi connectivity index (χ0) is 22.0. The van der Waals surface area contributed by atoms with Gasteiger partial charge < -0.3 is 19.2 Å². The van der Waals surface area contributed by atoms with Crippen molar-refractivity contribution >= 4 is 34.5 Å². The number of nitrogens with zero attached hydrogens (tertiary/aromatic N) is 3. The summed E-state index contributed by atoms with van der Waals surface area (Å²) in [4.78, 5) is 23.6. The first-order valence-corrected chi connectivity index (χ1v) is 9.72. The summed E-state index contributed by atoms with van der Waals surface area (Å²) in [6, 6.07) is 14.6. The monoisotopic (exact) mass is 414 g/mol. The number of ether oxygens (including phenoxy) is 1. The van der Waals surface area contributed by atoms with Crippen LogP contribution in [0.3, 0.4) is 0 Å². The number of carbonyl (C=O) groups is 2. The smallest absolute Gasteiger partial charge is 0.191 e. The third kappa shape index (κ3) is 3.85. The van der Waals surface area contributed by atoms with Crippen LogP contribution in [0.1, 0.15) is 21.6 Å². The van der Waals surface area contributed by atoms with E-state index < -0.39 is 12.6 Å². The number of rotatable bonds is 8. The molecule has 0 aliphatic rings. The minimum Gasteiger partial charge on any atom is -0.546 e. The van der Waals surface area contributed by atoms with E-state index in [-0.39, 0.29) is 5.78 Å². The average Bonchev–Trinajstić information content (AvgIpc) is 3.25. The second-order valence-corrected chi connectivity index (χ2v) is 7.01. The van der Waals surface area contributed by atoms with Crippen molar-refractivity contribution in [2.45, 2.75) is 13.5 Å². The molecule has 0 spiro atoms. The number of para-hydroxylation sites is 2. The molecule has 0 saturated carbocycles. The van der Waals surface area contributed by atoms with Gasteiger partial charge in [0.2, 0.25) is 0 Å². The van der Waals surface area contributed by atoms with Gasteiger partial charge in [0.25, 0.3) is 0 Å². The number of aryl methyl sites for hydroxylation is 1. The zero-order valence-corrected chi connectivity index (χ0v) is 16.9. The summed E-state index contributed by atoms with van der Waals surface area (Å²) < 4.78 is 8.90. The summed E-state index contributed by atoms with van der Waals surface area (Å²) >= 11 is 0. The molecule has 7 nitrogen and oxygen atoms in total. The summed E-state index contributed by atoms with van der Waals surface area (Å²) in [5, 5.41) is 15.1. The maximum atomic E-state index is 13.1. The second-order valence-electron chi connectivity index (χ2n) is 7.01. The van der Waals surface area contributed by atoms with Gasteiger partial charge >= 0.3 is 0 Å².